The summed E-state index contributed by atoms with van der Waals surface area (Å²) in [5, 5.41) is 20.3. The van der Waals surface area contributed by atoms with E-state index in [1.165, 1.54) is 13.1 Å². The number of carbonyl (C=O) groups is 1. The Kier molecular flexibility index (Phi) is 2.94. The van der Waals surface area contributed by atoms with E-state index in [2.05, 4.69) is 4.98 Å². The summed E-state index contributed by atoms with van der Waals surface area (Å²) in [6, 6.07) is 0. The van der Waals surface area contributed by atoms with Gasteiger partial charge in [0.1, 0.15) is 17.5 Å². The second kappa shape index (κ2) is 4.36. The molecule has 0 bridgehead atoms. The molecule has 2 fully saturated rings. The molecule has 1 aliphatic heterocycles. The maximum absolute atomic E-state index is 11.9. The van der Waals surface area contributed by atoms with E-state index in [1.54, 1.807) is 6.92 Å². The van der Waals surface area contributed by atoms with Crippen molar-refractivity contribution in [1.29, 1.82) is 0 Å². The smallest absolute Gasteiger partial charge is 0.330 e. The lowest BCUT2D eigenvalue weighted by Crippen LogP contribution is -2.41. The molecule has 1 saturated heterocycles. The number of fused-ring (bicyclic) bond motifs is 1. The number of aromatic nitrogens is 2. The number of nitrogens with zero attached hydrogens (tertiary/aromatic N) is 1. The SMILES string of the molecule is CC(=O)Cc1cn(C2O[C@@H]3C(C)[C@]3(O)[C@H]2O)c(=O)[nH]c1=O. The Morgan fingerprint density at radius 1 is 1.52 bits per heavy atom. The van der Waals surface area contributed by atoms with Crippen molar-refractivity contribution in [2.24, 2.45) is 5.92 Å². The van der Waals surface area contributed by atoms with Gasteiger partial charge in [0.05, 0.1) is 6.10 Å². The maximum atomic E-state index is 11.9. The summed E-state index contributed by atoms with van der Waals surface area (Å²) in [5.41, 5.74) is -2.65. The van der Waals surface area contributed by atoms with E-state index in [0.717, 1.165) is 4.57 Å². The topological polar surface area (TPSA) is 122 Å². The van der Waals surface area contributed by atoms with Gasteiger partial charge in [0.15, 0.2) is 6.23 Å². The van der Waals surface area contributed by atoms with Crippen LogP contribution in [0.25, 0.3) is 0 Å². The zero-order chi connectivity index (χ0) is 15.5. The van der Waals surface area contributed by atoms with Gasteiger partial charge in [0.2, 0.25) is 0 Å². The highest BCUT2D eigenvalue weighted by Gasteiger charge is 2.74. The van der Waals surface area contributed by atoms with Crippen LogP contribution in [-0.2, 0) is 16.0 Å². The second-order valence-corrected chi connectivity index (χ2v) is 5.77. The van der Waals surface area contributed by atoms with Crippen molar-refractivity contribution < 1.29 is 19.7 Å². The molecule has 0 amide bonds. The average molecular weight is 296 g/mol. The van der Waals surface area contributed by atoms with E-state index in [9.17, 15) is 24.6 Å². The quantitative estimate of drug-likeness (QED) is 0.611. The van der Waals surface area contributed by atoms with Gasteiger partial charge in [-0.2, -0.15) is 0 Å². The number of H-pyrrole nitrogens is 1. The Hall–Kier alpha value is -1.77. The second-order valence-electron chi connectivity index (χ2n) is 5.77. The van der Waals surface area contributed by atoms with Crippen LogP contribution in [0.1, 0.15) is 25.6 Å². The largest absolute Gasteiger partial charge is 0.385 e. The van der Waals surface area contributed by atoms with Gasteiger partial charge in [-0.15, -0.1) is 0 Å². The summed E-state index contributed by atoms with van der Waals surface area (Å²) in [4.78, 5) is 36.7. The minimum Gasteiger partial charge on any atom is -0.385 e. The number of ketones is 1. The van der Waals surface area contributed by atoms with Crippen molar-refractivity contribution >= 4 is 5.78 Å². The first-order valence-electron chi connectivity index (χ1n) is 6.66. The van der Waals surface area contributed by atoms with E-state index in [-0.39, 0.29) is 23.7 Å². The standard InChI is InChI=1S/C13H16N2O6/c1-5(16)3-7-4-15(12(19)14-10(7)18)11-8(17)13(20)6(2)9(13)21-11/h4,6,8-9,11,17,20H,3H2,1-2H3,(H,14,18,19)/t6?,8-,9+,11?,13-/m0/s1. The van der Waals surface area contributed by atoms with Gasteiger partial charge in [0.25, 0.3) is 5.56 Å². The molecule has 0 aromatic carbocycles. The molecule has 8 nitrogen and oxygen atoms in total. The molecule has 1 aromatic rings. The van der Waals surface area contributed by atoms with Crippen molar-refractivity contribution in [2.75, 3.05) is 0 Å². The predicted molar refractivity (Wildman–Crippen MR) is 69.7 cm³/mol. The van der Waals surface area contributed by atoms with Crippen LogP contribution in [0.15, 0.2) is 15.8 Å². The normalized spacial score (nSPS) is 37.3. The van der Waals surface area contributed by atoms with Gasteiger partial charge in [0, 0.05) is 24.1 Å². The summed E-state index contributed by atoms with van der Waals surface area (Å²) in [6.45, 7) is 3.07. The fraction of sp³-hybridized carbons (Fsp3) is 0.615. The van der Waals surface area contributed by atoms with Crippen LogP contribution in [0, 0.1) is 5.92 Å². The van der Waals surface area contributed by atoms with Crippen LogP contribution in [0.4, 0.5) is 0 Å². The molecule has 3 N–H and O–H groups in total. The lowest BCUT2D eigenvalue weighted by Gasteiger charge is -2.23. The number of aromatic amines is 1. The van der Waals surface area contributed by atoms with E-state index >= 15 is 0 Å². The summed E-state index contributed by atoms with van der Waals surface area (Å²) >= 11 is 0. The number of nitrogens with one attached hydrogen (secondary N) is 1. The fourth-order valence-electron chi connectivity index (χ4n) is 2.97. The summed E-state index contributed by atoms with van der Waals surface area (Å²) in [6.07, 6.45) is -1.80. The van der Waals surface area contributed by atoms with Gasteiger partial charge in [-0.25, -0.2) is 4.79 Å². The first-order valence-corrected chi connectivity index (χ1v) is 6.66. The van der Waals surface area contributed by atoms with E-state index in [0.29, 0.717) is 0 Å². The monoisotopic (exact) mass is 296 g/mol. The maximum Gasteiger partial charge on any atom is 0.330 e. The molecular formula is C13H16N2O6. The molecule has 3 rings (SSSR count). The number of carbonyl (C=O) groups excluding carboxylic acids is 1. The van der Waals surface area contributed by atoms with Gasteiger partial charge in [-0.05, 0) is 6.92 Å². The minimum absolute atomic E-state index is 0.110. The van der Waals surface area contributed by atoms with Crippen LogP contribution in [0.2, 0.25) is 0 Å². The number of ether oxygens (including phenoxy) is 1. The Morgan fingerprint density at radius 2 is 2.19 bits per heavy atom. The Labute approximate surface area is 119 Å². The van der Waals surface area contributed by atoms with E-state index < -0.39 is 35.3 Å². The molecule has 2 aliphatic rings. The van der Waals surface area contributed by atoms with Crippen molar-refractivity contribution in [2.45, 2.75) is 44.3 Å². The third-order valence-electron chi connectivity index (χ3n) is 4.32. The van der Waals surface area contributed by atoms with Crippen molar-refractivity contribution in [3.63, 3.8) is 0 Å². The highest BCUT2D eigenvalue weighted by molar-refractivity contribution is 5.77. The van der Waals surface area contributed by atoms with Crippen LogP contribution < -0.4 is 11.2 Å². The molecule has 21 heavy (non-hydrogen) atoms. The van der Waals surface area contributed by atoms with Gasteiger partial charge in [-0.3, -0.25) is 19.1 Å². The van der Waals surface area contributed by atoms with Crippen molar-refractivity contribution in [1.82, 2.24) is 9.55 Å². The molecule has 2 heterocycles. The van der Waals surface area contributed by atoms with Crippen molar-refractivity contribution in [3.05, 3.63) is 32.6 Å². The Bertz CT molecular complexity index is 722. The average Bonchev–Trinajstić information content (AvgIpc) is 2.78. The molecule has 2 unspecified atom stereocenters. The third-order valence-corrected chi connectivity index (χ3v) is 4.32. The number of Topliss-reactive ketones (excluding diaryl/α,β-unsaturated/α-hetero) is 1. The molecule has 0 radical (unpaired) electrons. The van der Waals surface area contributed by atoms with Crippen LogP contribution in [0.5, 0.6) is 0 Å². The first-order chi connectivity index (χ1) is 9.76. The fourth-order valence-corrected chi connectivity index (χ4v) is 2.97. The number of hydrogen-bond donors (Lipinski definition) is 3. The highest BCUT2D eigenvalue weighted by Crippen LogP contribution is 2.57. The number of aliphatic hydroxyl groups excluding tert-OH is 1. The molecule has 5 atom stereocenters. The molecule has 1 aromatic heterocycles. The number of aliphatic hydroxyl groups is 2. The summed E-state index contributed by atoms with van der Waals surface area (Å²) < 4.78 is 6.50. The Morgan fingerprint density at radius 3 is 2.71 bits per heavy atom. The van der Waals surface area contributed by atoms with E-state index in [1.807, 2.05) is 0 Å². The van der Waals surface area contributed by atoms with Crippen LogP contribution in [0.3, 0.4) is 0 Å². The van der Waals surface area contributed by atoms with Crippen LogP contribution >= 0.6 is 0 Å². The van der Waals surface area contributed by atoms with Gasteiger partial charge in [-0.1, -0.05) is 6.92 Å². The van der Waals surface area contributed by atoms with E-state index in [4.69, 9.17) is 4.74 Å². The number of hydrogen-bond acceptors (Lipinski definition) is 6. The zero-order valence-corrected chi connectivity index (χ0v) is 11.6. The molecule has 1 saturated carbocycles. The Balaban J connectivity index is 1.99. The molecule has 8 heteroatoms. The molecule has 114 valence electrons. The van der Waals surface area contributed by atoms with Gasteiger partial charge < -0.3 is 14.9 Å². The first kappa shape index (κ1) is 14.2. The van der Waals surface area contributed by atoms with Crippen molar-refractivity contribution in [3.8, 4) is 0 Å². The summed E-state index contributed by atoms with van der Waals surface area (Å²) in [7, 11) is 0. The molecular weight excluding hydrogens is 280 g/mol. The molecule has 1 aliphatic carbocycles. The summed E-state index contributed by atoms with van der Waals surface area (Å²) in [5.74, 6) is -0.437. The minimum atomic E-state index is -1.36. The number of rotatable bonds is 3. The van der Waals surface area contributed by atoms with Gasteiger partial charge >= 0.3 is 5.69 Å². The molecule has 0 spiro atoms. The lowest BCUT2D eigenvalue weighted by atomic mass is 10.1. The zero-order valence-electron chi connectivity index (χ0n) is 11.6. The van der Waals surface area contributed by atoms with Crippen LogP contribution in [-0.4, -0.2) is 43.4 Å². The highest BCUT2D eigenvalue weighted by atomic mass is 16.6. The third kappa shape index (κ3) is 1.90. The lowest BCUT2D eigenvalue weighted by molar-refractivity contribution is -0.116. The predicted octanol–water partition coefficient (Wildman–Crippen LogP) is -1.69.